The van der Waals surface area contributed by atoms with Crippen LogP contribution in [0, 0.1) is 5.92 Å². The summed E-state index contributed by atoms with van der Waals surface area (Å²) < 4.78 is 0. The van der Waals surface area contributed by atoms with E-state index in [2.05, 4.69) is 17.3 Å². The van der Waals surface area contributed by atoms with Crippen molar-refractivity contribution in [3.63, 3.8) is 0 Å². The zero-order chi connectivity index (χ0) is 13.0. The van der Waals surface area contributed by atoms with Crippen LogP contribution in [0.1, 0.15) is 47.5 Å². The van der Waals surface area contributed by atoms with Crippen molar-refractivity contribution in [2.75, 3.05) is 26.7 Å². The van der Waals surface area contributed by atoms with Crippen LogP contribution in [0.4, 0.5) is 0 Å². The van der Waals surface area contributed by atoms with E-state index in [0.717, 1.165) is 32.5 Å². The molecular weight excluding hydrogens is 200 g/mol. The standard InChI is InChI=1S/C9H18N2O.2C2H6/c1-3-10-9(12)8-4-6-11(2)7-5-8;2*1-2/h8H,3-7H2,1-2H3,(H,10,12);2*1-2H3. The summed E-state index contributed by atoms with van der Waals surface area (Å²) in [6.07, 6.45) is 2.03. The molecule has 1 saturated heterocycles. The molecule has 1 N–H and O–H groups in total. The van der Waals surface area contributed by atoms with Gasteiger partial charge in [-0.3, -0.25) is 4.79 Å². The van der Waals surface area contributed by atoms with Crippen molar-refractivity contribution in [2.45, 2.75) is 47.5 Å². The Morgan fingerprint density at radius 1 is 1.19 bits per heavy atom. The van der Waals surface area contributed by atoms with Crippen molar-refractivity contribution in [3.8, 4) is 0 Å². The molecule has 1 amide bonds. The molecule has 1 aliphatic rings. The number of nitrogens with one attached hydrogen (secondary N) is 1. The molecule has 0 spiro atoms. The van der Waals surface area contributed by atoms with Crippen LogP contribution in [-0.4, -0.2) is 37.5 Å². The molecule has 0 atom stereocenters. The molecule has 0 saturated carbocycles. The fourth-order valence-corrected chi connectivity index (χ4v) is 1.59. The smallest absolute Gasteiger partial charge is 0.223 e. The molecule has 1 fully saturated rings. The first kappa shape index (κ1) is 17.8. The number of carbonyl (C=O) groups is 1. The summed E-state index contributed by atoms with van der Waals surface area (Å²) in [4.78, 5) is 13.6. The minimum atomic E-state index is 0.241. The van der Waals surface area contributed by atoms with E-state index in [9.17, 15) is 4.79 Å². The second kappa shape index (κ2) is 12.5. The van der Waals surface area contributed by atoms with E-state index >= 15 is 0 Å². The molecule has 0 radical (unpaired) electrons. The van der Waals surface area contributed by atoms with Crippen molar-refractivity contribution in [3.05, 3.63) is 0 Å². The molecule has 0 aromatic carbocycles. The van der Waals surface area contributed by atoms with Gasteiger partial charge in [-0.05, 0) is 39.9 Å². The van der Waals surface area contributed by atoms with Gasteiger partial charge in [0.05, 0.1) is 0 Å². The zero-order valence-electron chi connectivity index (χ0n) is 12.0. The SMILES string of the molecule is CC.CC.CCNC(=O)C1CCN(C)CC1. The molecule has 1 rings (SSSR count). The van der Waals surface area contributed by atoms with Crippen molar-refractivity contribution >= 4 is 5.91 Å². The minimum absolute atomic E-state index is 0.241. The number of hydrogen-bond donors (Lipinski definition) is 1. The molecule has 0 aromatic heterocycles. The third kappa shape index (κ3) is 7.69. The van der Waals surface area contributed by atoms with Crippen LogP contribution >= 0.6 is 0 Å². The summed E-state index contributed by atoms with van der Waals surface area (Å²) in [6.45, 7) is 12.8. The van der Waals surface area contributed by atoms with E-state index in [1.807, 2.05) is 34.6 Å². The maximum atomic E-state index is 11.4. The molecule has 0 unspecified atom stereocenters. The Morgan fingerprint density at radius 3 is 2.00 bits per heavy atom. The highest BCUT2D eigenvalue weighted by molar-refractivity contribution is 5.78. The van der Waals surface area contributed by atoms with Gasteiger partial charge in [0, 0.05) is 12.5 Å². The fourth-order valence-electron chi connectivity index (χ4n) is 1.59. The molecule has 3 nitrogen and oxygen atoms in total. The predicted octanol–water partition coefficient (Wildman–Crippen LogP) is 2.52. The molecular formula is C13H30N2O. The fraction of sp³-hybridized carbons (Fsp3) is 0.923. The molecule has 1 aliphatic heterocycles. The summed E-state index contributed by atoms with van der Waals surface area (Å²) in [7, 11) is 2.11. The average Bonchev–Trinajstić information content (AvgIpc) is 2.35. The van der Waals surface area contributed by atoms with Crippen LogP contribution in [0.25, 0.3) is 0 Å². The zero-order valence-corrected chi connectivity index (χ0v) is 12.0. The van der Waals surface area contributed by atoms with Crippen LogP contribution in [0.3, 0.4) is 0 Å². The summed E-state index contributed by atoms with van der Waals surface area (Å²) in [5.41, 5.74) is 0. The summed E-state index contributed by atoms with van der Waals surface area (Å²) in [5.74, 6) is 0.506. The lowest BCUT2D eigenvalue weighted by Crippen LogP contribution is -2.38. The first-order valence-electron chi connectivity index (χ1n) is 6.70. The highest BCUT2D eigenvalue weighted by atomic mass is 16.1. The number of rotatable bonds is 2. The quantitative estimate of drug-likeness (QED) is 0.790. The maximum Gasteiger partial charge on any atom is 0.223 e. The molecule has 98 valence electrons. The van der Waals surface area contributed by atoms with Gasteiger partial charge in [-0.25, -0.2) is 0 Å². The van der Waals surface area contributed by atoms with E-state index in [-0.39, 0.29) is 11.8 Å². The Bertz CT molecular complexity index is 152. The molecule has 3 heteroatoms. The number of hydrogen-bond acceptors (Lipinski definition) is 2. The highest BCUT2D eigenvalue weighted by Gasteiger charge is 2.22. The molecule has 16 heavy (non-hydrogen) atoms. The van der Waals surface area contributed by atoms with Gasteiger partial charge in [-0.2, -0.15) is 0 Å². The van der Waals surface area contributed by atoms with Crippen LogP contribution in [0.5, 0.6) is 0 Å². The number of carbonyl (C=O) groups excluding carboxylic acids is 1. The Hall–Kier alpha value is -0.570. The van der Waals surface area contributed by atoms with Gasteiger partial charge in [0.25, 0.3) is 0 Å². The van der Waals surface area contributed by atoms with Crippen molar-refractivity contribution in [1.82, 2.24) is 10.2 Å². The lowest BCUT2D eigenvalue weighted by molar-refractivity contribution is -0.126. The predicted molar refractivity (Wildman–Crippen MR) is 71.6 cm³/mol. The van der Waals surface area contributed by atoms with E-state index in [1.54, 1.807) is 0 Å². The Labute approximate surface area is 102 Å². The van der Waals surface area contributed by atoms with Crippen molar-refractivity contribution in [2.24, 2.45) is 5.92 Å². The van der Waals surface area contributed by atoms with Gasteiger partial charge >= 0.3 is 0 Å². The monoisotopic (exact) mass is 230 g/mol. The number of nitrogens with zero attached hydrogens (tertiary/aromatic N) is 1. The van der Waals surface area contributed by atoms with Gasteiger partial charge in [-0.1, -0.05) is 27.7 Å². The van der Waals surface area contributed by atoms with Crippen LogP contribution in [0.2, 0.25) is 0 Å². The topological polar surface area (TPSA) is 32.3 Å². The first-order valence-corrected chi connectivity index (χ1v) is 6.70. The van der Waals surface area contributed by atoms with Crippen LogP contribution in [0.15, 0.2) is 0 Å². The number of piperidine rings is 1. The third-order valence-electron chi connectivity index (χ3n) is 2.44. The minimum Gasteiger partial charge on any atom is -0.356 e. The summed E-state index contributed by atoms with van der Waals surface area (Å²) in [6, 6.07) is 0. The summed E-state index contributed by atoms with van der Waals surface area (Å²) in [5, 5.41) is 2.87. The van der Waals surface area contributed by atoms with E-state index < -0.39 is 0 Å². The number of amides is 1. The van der Waals surface area contributed by atoms with Crippen LogP contribution in [-0.2, 0) is 4.79 Å². The maximum absolute atomic E-state index is 11.4. The Kier molecular flexibility index (Phi) is 13.9. The molecule has 1 heterocycles. The van der Waals surface area contributed by atoms with E-state index in [1.165, 1.54) is 0 Å². The largest absolute Gasteiger partial charge is 0.356 e. The summed E-state index contributed by atoms with van der Waals surface area (Å²) >= 11 is 0. The third-order valence-corrected chi connectivity index (χ3v) is 2.44. The molecule has 0 aliphatic carbocycles. The van der Waals surface area contributed by atoms with E-state index in [0.29, 0.717) is 0 Å². The lowest BCUT2D eigenvalue weighted by atomic mass is 9.96. The van der Waals surface area contributed by atoms with E-state index in [4.69, 9.17) is 0 Å². The second-order valence-electron chi connectivity index (χ2n) is 3.47. The van der Waals surface area contributed by atoms with Gasteiger partial charge in [0.2, 0.25) is 5.91 Å². The molecule has 0 aromatic rings. The normalized spacial score (nSPS) is 16.4. The lowest BCUT2D eigenvalue weighted by Gasteiger charge is -2.27. The van der Waals surface area contributed by atoms with Crippen LogP contribution < -0.4 is 5.32 Å². The van der Waals surface area contributed by atoms with Gasteiger partial charge in [0.1, 0.15) is 0 Å². The number of likely N-dealkylation sites (tertiary alicyclic amines) is 1. The van der Waals surface area contributed by atoms with Gasteiger partial charge in [-0.15, -0.1) is 0 Å². The first-order chi connectivity index (χ1) is 7.74. The Balaban J connectivity index is 0. The van der Waals surface area contributed by atoms with Crippen molar-refractivity contribution < 1.29 is 4.79 Å². The van der Waals surface area contributed by atoms with Crippen molar-refractivity contribution in [1.29, 1.82) is 0 Å². The second-order valence-corrected chi connectivity index (χ2v) is 3.47. The molecule has 0 bridgehead atoms. The van der Waals surface area contributed by atoms with Gasteiger partial charge in [0.15, 0.2) is 0 Å². The van der Waals surface area contributed by atoms with Gasteiger partial charge < -0.3 is 10.2 Å². The highest BCUT2D eigenvalue weighted by Crippen LogP contribution is 2.15. The Morgan fingerprint density at radius 2 is 1.62 bits per heavy atom. The average molecular weight is 230 g/mol.